The van der Waals surface area contributed by atoms with Gasteiger partial charge in [0, 0.05) is 5.92 Å². The molecule has 0 bridgehead atoms. The molecule has 1 N–H and O–H groups in total. The number of nitriles is 1. The first-order chi connectivity index (χ1) is 13.0. The highest BCUT2D eigenvalue weighted by molar-refractivity contribution is 7.89. The van der Waals surface area contributed by atoms with Crippen molar-refractivity contribution >= 4 is 16.1 Å². The van der Waals surface area contributed by atoms with Gasteiger partial charge < -0.3 is 5.11 Å². The lowest BCUT2D eigenvalue weighted by Crippen LogP contribution is -2.65. The molecule has 5 nitrogen and oxygen atoms in total. The van der Waals surface area contributed by atoms with Gasteiger partial charge in [0.2, 0.25) is 10.0 Å². The van der Waals surface area contributed by atoms with Gasteiger partial charge in [-0.05, 0) is 36.2 Å². The molecular weight excluding hydrogens is 367 g/mol. The van der Waals surface area contributed by atoms with E-state index in [1.807, 2.05) is 49.4 Å². The van der Waals surface area contributed by atoms with Gasteiger partial charge in [0.05, 0.1) is 23.6 Å². The molecule has 3 atom stereocenters. The van der Waals surface area contributed by atoms with Crippen molar-refractivity contribution in [1.82, 2.24) is 4.31 Å². The first-order valence-corrected chi connectivity index (χ1v) is 9.91. The highest BCUT2D eigenvalue weighted by atomic mass is 32.2. The van der Waals surface area contributed by atoms with E-state index in [9.17, 15) is 23.2 Å². The van der Waals surface area contributed by atoms with E-state index < -0.39 is 40.4 Å². The zero-order valence-corrected chi connectivity index (χ0v) is 15.5. The second-order valence-corrected chi connectivity index (χ2v) is 8.11. The van der Waals surface area contributed by atoms with Crippen LogP contribution in [0.2, 0.25) is 0 Å². The number of allylic oxidation sites excluding steroid dienone is 1. The lowest BCUT2D eigenvalue weighted by molar-refractivity contribution is 0.0556. The van der Waals surface area contributed by atoms with Crippen molar-refractivity contribution in [2.24, 2.45) is 0 Å². The second kappa shape index (κ2) is 7.61. The summed E-state index contributed by atoms with van der Waals surface area (Å²) >= 11 is 0. The Morgan fingerprint density at radius 1 is 1.26 bits per heavy atom. The lowest BCUT2D eigenvalue weighted by Gasteiger charge is -2.50. The van der Waals surface area contributed by atoms with Crippen molar-refractivity contribution in [1.29, 1.82) is 5.26 Å². The third-order valence-corrected chi connectivity index (χ3v) is 6.65. The van der Waals surface area contributed by atoms with E-state index in [2.05, 4.69) is 0 Å². The van der Waals surface area contributed by atoms with E-state index >= 15 is 0 Å². The Labute approximate surface area is 158 Å². The fourth-order valence-electron chi connectivity index (χ4n) is 3.56. The fourth-order valence-corrected chi connectivity index (χ4v) is 5.35. The van der Waals surface area contributed by atoms with E-state index in [1.165, 1.54) is 12.1 Å². The third-order valence-electron chi connectivity index (χ3n) is 4.75. The van der Waals surface area contributed by atoms with Gasteiger partial charge in [0.25, 0.3) is 0 Å². The average Bonchev–Trinajstić information content (AvgIpc) is 2.63. The van der Waals surface area contributed by atoms with E-state index in [0.717, 1.165) is 27.6 Å². The molecule has 0 amide bonds. The normalized spacial score (nSPS) is 23.1. The zero-order valence-electron chi connectivity index (χ0n) is 14.7. The first-order valence-electron chi connectivity index (χ1n) is 8.47. The number of benzene rings is 2. The Hall–Kier alpha value is -2.53. The Morgan fingerprint density at radius 2 is 2.00 bits per heavy atom. The number of hydrogen-bond donors (Lipinski definition) is 1. The predicted octanol–water partition coefficient (Wildman–Crippen LogP) is 2.90. The smallest absolute Gasteiger partial charge is 0.244 e. The fraction of sp³-hybridized carbons (Fsp3) is 0.250. The molecule has 1 saturated heterocycles. The summed E-state index contributed by atoms with van der Waals surface area (Å²) in [4.78, 5) is -0.235. The molecule has 140 valence electrons. The van der Waals surface area contributed by atoms with Crippen LogP contribution in [-0.2, 0) is 10.0 Å². The van der Waals surface area contributed by atoms with Crippen LogP contribution in [-0.4, -0.2) is 36.5 Å². The standard InChI is InChI=1S/C20H19FN2O3S/c1-2-6-14-7-3-4-10-17(14)20-18(12-22)23(19(20)13-24)27(25,26)16-9-5-8-15(21)11-16/h2-11,18-20,24H,13H2,1H3/b6-2+/t18-,19+,20-/m1/s1. The van der Waals surface area contributed by atoms with Crippen LogP contribution in [0.1, 0.15) is 24.0 Å². The Morgan fingerprint density at radius 3 is 2.63 bits per heavy atom. The SMILES string of the molecule is C/C=C/c1ccccc1[C@@H]1[C@@H](C#N)N(S(=O)(=O)c2cccc(F)c2)[C@H]1CO. The number of sulfonamides is 1. The molecule has 1 fully saturated rings. The first kappa shape index (κ1) is 19.2. The highest BCUT2D eigenvalue weighted by Crippen LogP contribution is 2.45. The monoisotopic (exact) mass is 386 g/mol. The quantitative estimate of drug-likeness (QED) is 0.857. The van der Waals surface area contributed by atoms with Gasteiger partial charge >= 0.3 is 0 Å². The van der Waals surface area contributed by atoms with E-state index in [0.29, 0.717) is 0 Å². The molecule has 0 aliphatic carbocycles. The summed E-state index contributed by atoms with van der Waals surface area (Å²) in [6.07, 6.45) is 3.73. The highest BCUT2D eigenvalue weighted by Gasteiger charge is 2.55. The molecular formula is C20H19FN2O3S. The predicted molar refractivity (Wildman–Crippen MR) is 99.6 cm³/mol. The minimum absolute atomic E-state index is 0.235. The topological polar surface area (TPSA) is 81.4 Å². The van der Waals surface area contributed by atoms with Crippen LogP contribution in [0, 0.1) is 17.1 Å². The molecule has 27 heavy (non-hydrogen) atoms. The zero-order chi connectivity index (χ0) is 19.6. The van der Waals surface area contributed by atoms with Gasteiger partial charge in [-0.15, -0.1) is 0 Å². The molecule has 1 heterocycles. The summed E-state index contributed by atoms with van der Waals surface area (Å²) in [5, 5.41) is 19.5. The Kier molecular flexibility index (Phi) is 5.42. The van der Waals surface area contributed by atoms with E-state index in [4.69, 9.17) is 0 Å². The van der Waals surface area contributed by atoms with Crippen molar-refractivity contribution in [2.45, 2.75) is 29.8 Å². The van der Waals surface area contributed by atoms with Crippen LogP contribution >= 0.6 is 0 Å². The molecule has 2 aromatic carbocycles. The van der Waals surface area contributed by atoms with Gasteiger partial charge in [-0.25, -0.2) is 12.8 Å². The summed E-state index contributed by atoms with van der Waals surface area (Å²) < 4.78 is 40.5. The van der Waals surface area contributed by atoms with Crippen LogP contribution in [0.4, 0.5) is 4.39 Å². The molecule has 1 aliphatic heterocycles. The molecule has 1 aliphatic rings. The summed E-state index contributed by atoms with van der Waals surface area (Å²) in [7, 11) is -4.12. The van der Waals surface area contributed by atoms with Crippen LogP contribution in [0.15, 0.2) is 59.5 Å². The number of hydrogen-bond acceptors (Lipinski definition) is 4. The van der Waals surface area contributed by atoms with Crippen LogP contribution < -0.4 is 0 Å². The summed E-state index contributed by atoms with van der Waals surface area (Å²) in [6.45, 7) is 1.42. The molecule has 0 unspecified atom stereocenters. The number of aliphatic hydroxyl groups excluding tert-OH is 1. The van der Waals surface area contributed by atoms with Gasteiger partial charge in [-0.1, -0.05) is 42.5 Å². The second-order valence-electron chi connectivity index (χ2n) is 6.27. The maximum Gasteiger partial charge on any atom is 0.244 e. The van der Waals surface area contributed by atoms with Gasteiger partial charge in [0.15, 0.2) is 0 Å². The Bertz CT molecular complexity index is 1010. The van der Waals surface area contributed by atoms with Crippen molar-refractivity contribution in [2.75, 3.05) is 6.61 Å². The van der Waals surface area contributed by atoms with Crippen molar-refractivity contribution in [3.8, 4) is 6.07 Å². The summed E-state index contributed by atoms with van der Waals surface area (Å²) in [5.41, 5.74) is 1.67. The maximum atomic E-state index is 13.5. The van der Waals surface area contributed by atoms with Gasteiger partial charge in [-0.3, -0.25) is 0 Å². The molecule has 0 radical (unpaired) electrons. The lowest BCUT2D eigenvalue weighted by atomic mass is 9.76. The average molecular weight is 386 g/mol. The van der Waals surface area contributed by atoms with Crippen molar-refractivity contribution in [3.05, 3.63) is 71.6 Å². The molecule has 0 spiro atoms. The molecule has 7 heteroatoms. The van der Waals surface area contributed by atoms with E-state index in [-0.39, 0.29) is 4.90 Å². The summed E-state index contributed by atoms with van der Waals surface area (Å²) in [5.74, 6) is -1.16. The minimum atomic E-state index is -4.12. The molecule has 3 rings (SSSR count). The molecule has 0 aromatic heterocycles. The van der Waals surface area contributed by atoms with Crippen LogP contribution in [0.25, 0.3) is 6.08 Å². The minimum Gasteiger partial charge on any atom is -0.395 e. The number of rotatable bonds is 5. The van der Waals surface area contributed by atoms with Crippen molar-refractivity contribution < 1.29 is 17.9 Å². The van der Waals surface area contributed by atoms with Gasteiger partial charge in [0.1, 0.15) is 11.9 Å². The van der Waals surface area contributed by atoms with Crippen LogP contribution in [0.3, 0.4) is 0 Å². The molecule has 2 aromatic rings. The largest absolute Gasteiger partial charge is 0.395 e. The van der Waals surface area contributed by atoms with E-state index in [1.54, 1.807) is 0 Å². The number of nitrogens with zero attached hydrogens (tertiary/aromatic N) is 2. The number of halogens is 1. The Balaban J connectivity index is 2.05. The maximum absolute atomic E-state index is 13.5. The van der Waals surface area contributed by atoms with Crippen molar-refractivity contribution in [3.63, 3.8) is 0 Å². The number of aliphatic hydroxyl groups is 1. The van der Waals surface area contributed by atoms with Crippen LogP contribution in [0.5, 0.6) is 0 Å². The molecule has 0 saturated carbocycles. The summed E-state index contributed by atoms with van der Waals surface area (Å²) in [6, 6.07) is 12.3. The van der Waals surface area contributed by atoms with Gasteiger partial charge in [-0.2, -0.15) is 9.57 Å². The third kappa shape index (κ3) is 3.28.